The summed E-state index contributed by atoms with van der Waals surface area (Å²) in [5, 5.41) is 9.31. The molecular formula is C16H18FN3O3S2. The molecule has 0 fully saturated rings. The van der Waals surface area contributed by atoms with Gasteiger partial charge in [-0.25, -0.2) is 12.8 Å². The highest BCUT2D eigenvalue weighted by atomic mass is 32.2. The van der Waals surface area contributed by atoms with Crippen LogP contribution in [0.4, 0.5) is 4.39 Å². The van der Waals surface area contributed by atoms with E-state index in [1.807, 2.05) is 19.9 Å². The number of rotatable bonds is 6. The van der Waals surface area contributed by atoms with Crippen molar-refractivity contribution in [3.63, 3.8) is 0 Å². The number of sulfonamides is 1. The Morgan fingerprint density at radius 3 is 2.64 bits per heavy atom. The molecule has 2 heterocycles. The van der Waals surface area contributed by atoms with Gasteiger partial charge in [-0.1, -0.05) is 0 Å². The molecular weight excluding hydrogens is 365 g/mol. The molecule has 2 aromatic heterocycles. The van der Waals surface area contributed by atoms with Gasteiger partial charge in [-0.15, -0.1) is 11.3 Å². The zero-order valence-electron chi connectivity index (χ0n) is 14.3. The number of hydrogen-bond donors (Lipinski definition) is 0. The Morgan fingerprint density at radius 1 is 1.44 bits per heavy atom. The molecule has 0 aliphatic carbocycles. The van der Waals surface area contributed by atoms with Crippen molar-refractivity contribution in [3.05, 3.63) is 39.3 Å². The van der Waals surface area contributed by atoms with Crippen molar-refractivity contribution in [2.45, 2.75) is 31.7 Å². The number of nitriles is 1. The van der Waals surface area contributed by atoms with Crippen molar-refractivity contribution >= 4 is 21.4 Å². The van der Waals surface area contributed by atoms with Crippen molar-refractivity contribution in [1.29, 1.82) is 5.26 Å². The summed E-state index contributed by atoms with van der Waals surface area (Å²) >= 11 is 1.59. The summed E-state index contributed by atoms with van der Waals surface area (Å²) in [5.41, 5.74) is 0.640. The predicted molar refractivity (Wildman–Crippen MR) is 92.7 cm³/mol. The van der Waals surface area contributed by atoms with Gasteiger partial charge in [-0.2, -0.15) is 9.57 Å². The first-order valence-electron chi connectivity index (χ1n) is 7.35. The molecule has 0 aliphatic rings. The molecule has 0 radical (unpaired) electrons. The Hall–Kier alpha value is -2.02. The summed E-state index contributed by atoms with van der Waals surface area (Å²) in [6.07, 6.45) is 2.20. The maximum absolute atomic E-state index is 13.0. The van der Waals surface area contributed by atoms with E-state index in [0.717, 1.165) is 27.7 Å². The Kier molecular flexibility index (Phi) is 5.77. The van der Waals surface area contributed by atoms with Crippen molar-refractivity contribution in [3.8, 4) is 11.8 Å². The van der Waals surface area contributed by atoms with Crippen molar-refractivity contribution in [2.75, 3.05) is 13.9 Å². The summed E-state index contributed by atoms with van der Waals surface area (Å²) in [7, 11) is -2.59. The van der Waals surface area contributed by atoms with Crippen LogP contribution in [-0.2, 0) is 10.0 Å². The zero-order valence-corrected chi connectivity index (χ0v) is 15.9. The Bertz CT molecular complexity index is 919. The highest BCUT2D eigenvalue weighted by molar-refractivity contribution is 7.89. The number of hydrogen-bond acceptors (Lipinski definition) is 6. The number of alkyl halides is 1. The summed E-state index contributed by atoms with van der Waals surface area (Å²) < 4.78 is 44.3. The first-order valence-corrected chi connectivity index (χ1v) is 9.61. The van der Waals surface area contributed by atoms with Gasteiger partial charge in [0.1, 0.15) is 16.5 Å². The van der Waals surface area contributed by atoms with E-state index in [-0.39, 0.29) is 16.2 Å². The average Bonchev–Trinajstić information content (AvgIpc) is 2.91. The normalized spacial score (nSPS) is 12.8. The minimum atomic E-state index is -4.03. The molecule has 0 aromatic carbocycles. The molecule has 0 saturated carbocycles. The molecule has 0 aliphatic heterocycles. The first kappa shape index (κ1) is 19.3. The third-order valence-electron chi connectivity index (χ3n) is 3.93. The van der Waals surface area contributed by atoms with Gasteiger partial charge in [0, 0.05) is 29.0 Å². The van der Waals surface area contributed by atoms with Crippen molar-refractivity contribution in [2.24, 2.45) is 0 Å². The lowest BCUT2D eigenvalue weighted by Crippen LogP contribution is -2.30. The number of aryl methyl sites for hydroxylation is 2. The third kappa shape index (κ3) is 3.66. The summed E-state index contributed by atoms with van der Waals surface area (Å²) in [4.78, 5) is 5.58. The molecule has 0 N–H and O–H groups in total. The minimum Gasteiger partial charge on any atom is -0.460 e. The minimum absolute atomic E-state index is 0.199. The number of thiophene rings is 1. The second-order valence-electron chi connectivity index (χ2n) is 5.44. The zero-order chi connectivity index (χ0) is 18.8. The van der Waals surface area contributed by atoms with Crippen LogP contribution in [0.15, 0.2) is 23.4 Å². The number of halogens is 1. The average molecular weight is 383 g/mol. The van der Waals surface area contributed by atoms with Gasteiger partial charge in [0.25, 0.3) is 0 Å². The predicted octanol–water partition coefficient (Wildman–Crippen LogP) is 3.32. The van der Waals surface area contributed by atoms with Crippen LogP contribution in [-0.4, -0.2) is 31.6 Å². The van der Waals surface area contributed by atoms with E-state index in [9.17, 15) is 18.1 Å². The van der Waals surface area contributed by atoms with Gasteiger partial charge in [0.2, 0.25) is 16.9 Å². The molecule has 6 nitrogen and oxygen atoms in total. The molecule has 1 atom stereocenters. The van der Waals surface area contributed by atoms with Crippen LogP contribution in [0.2, 0.25) is 0 Å². The topological polar surface area (TPSA) is 83.3 Å². The van der Waals surface area contributed by atoms with E-state index in [4.69, 9.17) is 0 Å². The largest absolute Gasteiger partial charge is 0.460 e. The van der Waals surface area contributed by atoms with Crippen LogP contribution in [0.5, 0.6) is 5.75 Å². The Balaban J connectivity index is 2.50. The van der Waals surface area contributed by atoms with Gasteiger partial charge < -0.3 is 4.74 Å². The highest BCUT2D eigenvalue weighted by Crippen LogP contribution is 2.34. The fourth-order valence-corrected chi connectivity index (χ4v) is 4.98. The molecule has 9 heteroatoms. The number of pyridine rings is 1. The van der Waals surface area contributed by atoms with Crippen LogP contribution in [0, 0.1) is 25.2 Å². The second kappa shape index (κ2) is 7.47. The van der Waals surface area contributed by atoms with E-state index >= 15 is 0 Å². The smallest absolute Gasteiger partial charge is 0.246 e. The van der Waals surface area contributed by atoms with E-state index < -0.39 is 22.9 Å². The molecule has 0 saturated heterocycles. The van der Waals surface area contributed by atoms with Gasteiger partial charge in [-0.05, 0) is 32.4 Å². The summed E-state index contributed by atoms with van der Waals surface area (Å²) in [5.74, 6) is -0.199. The molecule has 1 unspecified atom stereocenters. The van der Waals surface area contributed by atoms with Crippen LogP contribution < -0.4 is 4.74 Å². The monoisotopic (exact) mass is 383 g/mol. The van der Waals surface area contributed by atoms with Crippen molar-refractivity contribution in [1.82, 2.24) is 9.29 Å². The van der Waals surface area contributed by atoms with Crippen LogP contribution in [0.1, 0.15) is 33.8 Å². The lowest BCUT2D eigenvalue weighted by atomic mass is 10.1. The van der Waals surface area contributed by atoms with Crippen LogP contribution in [0.25, 0.3) is 0 Å². The number of ether oxygens (including phenoxy) is 1. The SMILES string of the molecule is Cc1cc(C(C)N(C)S(=O)(=O)c2cncc(OCF)c2C#N)c(C)s1. The van der Waals surface area contributed by atoms with E-state index in [1.165, 1.54) is 11.4 Å². The molecule has 134 valence electrons. The summed E-state index contributed by atoms with van der Waals surface area (Å²) in [6, 6.07) is 3.28. The number of aromatic nitrogens is 1. The maximum atomic E-state index is 13.0. The maximum Gasteiger partial charge on any atom is 0.246 e. The van der Waals surface area contributed by atoms with Crippen LogP contribution >= 0.6 is 11.3 Å². The lowest BCUT2D eigenvalue weighted by molar-refractivity contribution is 0.190. The highest BCUT2D eigenvalue weighted by Gasteiger charge is 2.31. The lowest BCUT2D eigenvalue weighted by Gasteiger charge is -2.25. The molecule has 2 rings (SSSR count). The molecule has 25 heavy (non-hydrogen) atoms. The fourth-order valence-electron chi connectivity index (χ4n) is 2.52. The molecule has 0 bridgehead atoms. The Labute approximate surface area is 150 Å². The van der Waals surface area contributed by atoms with E-state index in [2.05, 4.69) is 9.72 Å². The van der Waals surface area contributed by atoms with Crippen LogP contribution in [0.3, 0.4) is 0 Å². The Morgan fingerprint density at radius 2 is 2.12 bits per heavy atom. The first-order chi connectivity index (χ1) is 11.7. The van der Waals surface area contributed by atoms with Gasteiger partial charge in [0.15, 0.2) is 5.75 Å². The van der Waals surface area contributed by atoms with E-state index in [0.29, 0.717) is 0 Å². The second-order valence-corrected chi connectivity index (χ2v) is 8.87. The van der Waals surface area contributed by atoms with Crippen molar-refractivity contribution < 1.29 is 17.5 Å². The molecule has 0 spiro atoms. The van der Waals surface area contributed by atoms with Gasteiger partial charge in [-0.3, -0.25) is 4.98 Å². The molecule has 2 aromatic rings. The van der Waals surface area contributed by atoms with Gasteiger partial charge >= 0.3 is 0 Å². The standard InChI is InChI=1S/C16H18FN3O3S2/c1-10-5-13(12(3)24-10)11(2)20(4)25(21,22)16-8-19-7-15(23-9-17)14(16)6-18/h5,7-8,11H,9H2,1-4H3. The summed E-state index contributed by atoms with van der Waals surface area (Å²) in [6.45, 7) is 4.48. The quantitative estimate of drug-likeness (QED) is 0.764. The molecule has 0 amide bonds. The van der Waals surface area contributed by atoms with Gasteiger partial charge in [0.05, 0.1) is 6.20 Å². The fraction of sp³-hybridized carbons (Fsp3) is 0.375. The third-order valence-corrected chi connectivity index (χ3v) is 6.85. The van der Waals surface area contributed by atoms with E-state index in [1.54, 1.807) is 24.3 Å². The number of nitrogens with zero attached hydrogens (tertiary/aromatic N) is 3.